The Kier molecular flexibility index (Phi) is 5.83. The number of ether oxygens (including phenoxy) is 2. The monoisotopic (exact) mass is 348 g/mol. The first-order chi connectivity index (χ1) is 10.5. The summed E-state index contributed by atoms with van der Waals surface area (Å²) in [4.78, 5) is 22.6. The smallest absolute Gasteiger partial charge is 0.402 e. The molecule has 0 spiro atoms. The molecule has 7 nitrogen and oxygen atoms in total. The van der Waals surface area contributed by atoms with E-state index < -0.39 is 33.9 Å². The number of esters is 2. The summed E-state index contributed by atoms with van der Waals surface area (Å²) in [5.41, 5.74) is 0.101. The molecule has 0 aliphatic heterocycles. The minimum Gasteiger partial charge on any atom is -0.454 e. The molecule has 0 saturated carbocycles. The maximum Gasteiger partial charge on any atom is 0.402 e. The highest BCUT2D eigenvalue weighted by atomic mass is 32.2. The summed E-state index contributed by atoms with van der Waals surface area (Å²) in [7, 11) is -0.296. The molecule has 0 saturated heterocycles. The lowest BCUT2D eigenvalue weighted by Crippen LogP contribution is -2.34. The van der Waals surface area contributed by atoms with Gasteiger partial charge >= 0.3 is 27.3 Å². The molecule has 2 radical (unpaired) electrons. The van der Waals surface area contributed by atoms with E-state index in [1.807, 2.05) is 0 Å². The minimum absolute atomic E-state index is 0.0151. The van der Waals surface area contributed by atoms with E-state index in [4.69, 9.17) is 17.1 Å². The van der Waals surface area contributed by atoms with Crippen LogP contribution in [0.1, 0.15) is 22.8 Å². The van der Waals surface area contributed by atoms with E-state index >= 15 is 0 Å². The lowest BCUT2D eigenvalue weighted by molar-refractivity contribution is -0.131. The van der Waals surface area contributed by atoms with Crippen LogP contribution in [0.2, 0.25) is 0 Å². The summed E-state index contributed by atoms with van der Waals surface area (Å²) in [5, 5.41) is -4.64. The van der Waals surface area contributed by atoms with Gasteiger partial charge in [-0.25, -0.2) is 4.79 Å². The molecular weight excluding hydrogens is 337 g/mol. The normalized spacial score (nSPS) is 11.8. The maximum atomic E-state index is 13.0. The molecule has 0 amide bonds. The molecule has 1 aromatic rings. The van der Waals surface area contributed by atoms with Crippen molar-refractivity contribution in [2.75, 3.05) is 6.61 Å². The van der Waals surface area contributed by atoms with Gasteiger partial charge in [-0.3, -0.25) is 9.35 Å². The SMILES string of the molecule is [B]Cc1ccc(C(=O)OCC(F)(F)S(=O)(=O)O)cc1OC(C)=O. The van der Waals surface area contributed by atoms with Gasteiger partial charge in [0.05, 0.1) is 13.4 Å². The topological polar surface area (TPSA) is 107 Å². The van der Waals surface area contributed by atoms with Crippen molar-refractivity contribution in [3.63, 3.8) is 0 Å². The first-order valence-electron chi connectivity index (χ1n) is 6.01. The fourth-order valence-electron chi connectivity index (χ4n) is 1.41. The summed E-state index contributed by atoms with van der Waals surface area (Å²) >= 11 is 0. The number of alkyl halides is 2. The second-order valence-corrected chi connectivity index (χ2v) is 5.86. The van der Waals surface area contributed by atoms with Crippen molar-refractivity contribution < 1.29 is 40.8 Å². The van der Waals surface area contributed by atoms with Gasteiger partial charge in [0.2, 0.25) is 0 Å². The summed E-state index contributed by atoms with van der Waals surface area (Å²) in [5.74, 6) is -2.05. The number of benzene rings is 1. The third-order valence-corrected chi connectivity index (χ3v) is 3.40. The van der Waals surface area contributed by atoms with Crippen LogP contribution in [0.25, 0.3) is 0 Å². The van der Waals surface area contributed by atoms with E-state index in [1.165, 1.54) is 12.1 Å². The third kappa shape index (κ3) is 5.00. The van der Waals surface area contributed by atoms with Crippen LogP contribution in [-0.2, 0) is 26.0 Å². The predicted molar refractivity (Wildman–Crippen MR) is 74.0 cm³/mol. The number of rotatable bonds is 6. The van der Waals surface area contributed by atoms with E-state index in [2.05, 4.69) is 4.74 Å². The van der Waals surface area contributed by atoms with Crippen LogP contribution in [0.4, 0.5) is 8.78 Å². The van der Waals surface area contributed by atoms with Gasteiger partial charge in [-0.1, -0.05) is 12.4 Å². The number of hydrogen-bond acceptors (Lipinski definition) is 6. The van der Waals surface area contributed by atoms with Gasteiger partial charge in [0.1, 0.15) is 5.75 Å². The van der Waals surface area contributed by atoms with E-state index in [0.717, 1.165) is 13.0 Å². The zero-order valence-corrected chi connectivity index (χ0v) is 12.6. The second-order valence-electron chi connectivity index (χ2n) is 4.31. The molecule has 23 heavy (non-hydrogen) atoms. The summed E-state index contributed by atoms with van der Waals surface area (Å²) in [6, 6.07) is 3.52. The van der Waals surface area contributed by atoms with Crippen molar-refractivity contribution >= 4 is 29.9 Å². The Morgan fingerprint density at radius 2 is 1.96 bits per heavy atom. The molecule has 0 aromatic heterocycles. The van der Waals surface area contributed by atoms with Crippen LogP contribution in [0.15, 0.2) is 18.2 Å². The number of carbonyl (C=O) groups is 2. The summed E-state index contributed by atoms with van der Waals surface area (Å²) < 4.78 is 64.0. The highest BCUT2D eigenvalue weighted by Gasteiger charge is 2.45. The molecule has 0 unspecified atom stereocenters. The van der Waals surface area contributed by atoms with Crippen molar-refractivity contribution in [3.8, 4) is 5.75 Å². The van der Waals surface area contributed by atoms with Crippen molar-refractivity contribution in [2.45, 2.75) is 18.5 Å². The molecule has 0 aliphatic carbocycles. The molecule has 11 heteroatoms. The lowest BCUT2D eigenvalue weighted by atomic mass is 9.95. The molecule has 0 bridgehead atoms. The average Bonchev–Trinajstić information content (AvgIpc) is 2.43. The number of carbonyl (C=O) groups excluding carboxylic acids is 2. The maximum absolute atomic E-state index is 13.0. The number of hydrogen-bond donors (Lipinski definition) is 1. The molecule has 0 aliphatic rings. The highest BCUT2D eigenvalue weighted by Crippen LogP contribution is 2.24. The Morgan fingerprint density at radius 1 is 1.35 bits per heavy atom. The zero-order valence-electron chi connectivity index (χ0n) is 11.8. The standard InChI is InChI=1S/C12H11BF2O7S/c1-7(16)22-10-4-8(2-3-9(10)5-13)11(17)21-6-12(14,15)23(18,19)20/h2-4H,5-6H2,1H3,(H,18,19,20). The average molecular weight is 348 g/mol. The molecule has 1 N–H and O–H groups in total. The molecule has 124 valence electrons. The number of halogens is 2. The molecule has 1 rings (SSSR count). The zero-order chi connectivity index (χ0) is 17.8. The quantitative estimate of drug-likeness (QED) is 0.352. The molecule has 1 aromatic carbocycles. The van der Waals surface area contributed by atoms with Crippen LogP contribution in [0, 0.1) is 0 Å². The van der Waals surface area contributed by atoms with E-state index in [0.29, 0.717) is 5.56 Å². The van der Waals surface area contributed by atoms with Crippen LogP contribution in [-0.4, -0.2) is 44.6 Å². The minimum atomic E-state index is -5.71. The molecule has 0 heterocycles. The van der Waals surface area contributed by atoms with Crippen molar-refractivity contribution in [2.24, 2.45) is 0 Å². The molecule has 0 fully saturated rings. The lowest BCUT2D eigenvalue weighted by Gasteiger charge is -2.14. The molecular formula is C12H11BF2O7S. The van der Waals surface area contributed by atoms with Gasteiger partial charge in [0.15, 0.2) is 6.61 Å². The summed E-state index contributed by atoms with van der Waals surface area (Å²) in [6.07, 6.45) is -0.0151. The van der Waals surface area contributed by atoms with Crippen LogP contribution >= 0.6 is 0 Å². The van der Waals surface area contributed by atoms with Gasteiger partial charge in [0, 0.05) is 6.92 Å². The van der Waals surface area contributed by atoms with E-state index in [-0.39, 0.29) is 17.6 Å². The summed E-state index contributed by atoms with van der Waals surface area (Å²) in [6.45, 7) is -0.760. The third-order valence-electron chi connectivity index (χ3n) is 2.53. The fraction of sp³-hybridized carbons (Fsp3) is 0.333. The van der Waals surface area contributed by atoms with Gasteiger partial charge in [-0.2, -0.15) is 17.2 Å². The molecule has 0 atom stereocenters. The Balaban J connectivity index is 2.95. The van der Waals surface area contributed by atoms with Crippen LogP contribution in [0.5, 0.6) is 5.75 Å². The largest absolute Gasteiger partial charge is 0.454 e. The Hall–Kier alpha value is -2.01. The van der Waals surface area contributed by atoms with Crippen molar-refractivity contribution in [3.05, 3.63) is 29.3 Å². The van der Waals surface area contributed by atoms with Gasteiger partial charge in [-0.15, -0.1) is 0 Å². The van der Waals surface area contributed by atoms with E-state index in [1.54, 1.807) is 0 Å². The van der Waals surface area contributed by atoms with Crippen molar-refractivity contribution in [1.82, 2.24) is 0 Å². The second kappa shape index (κ2) is 7.05. The Morgan fingerprint density at radius 3 is 2.43 bits per heavy atom. The van der Waals surface area contributed by atoms with Crippen LogP contribution in [0.3, 0.4) is 0 Å². The van der Waals surface area contributed by atoms with Gasteiger partial charge < -0.3 is 9.47 Å². The van der Waals surface area contributed by atoms with Crippen LogP contribution < -0.4 is 4.74 Å². The van der Waals surface area contributed by atoms with Gasteiger partial charge in [-0.05, 0) is 17.7 Å². The Bertz CT molecular complexity index is 718. The first kappa shape index (κ1) is 19.0. The van der Waals surface area contributed by atoms with Gasteiger partial charge in [0.25, 0.3) is 0 Å². The first-order valence-corrected chi connectivity index (χ1v) is 7.45. The predicted octanol–water partition coefficient (Wildman–Crippen LogP) is 0.918. The Labute approximate surface area is 131 Å². The fourth-order valence-corrected chi connectivity index (χ4v) is 1.62. The van der Waals surface area contributed by atoms with Crippen molar-refractivity contribution in [1.29, 1.82) is 0 Å². The van der Waals surface area contributed by atoms with E-state index in [9.17, 15) is 26.8 Å². The highest BCUT2D eigenvalue weighted by molar-refractivity contribution is 7.86.